The number of phenolic OH excluding ortho intramolecular Hbond substituents is 4. The highest BCUT2D eigenvalue weighted by atomic mass is 16.5. The molecule has 17 rings (SSSR count). The highest BCUT2D eigenvalue weighted by molar-refractivity contribution is 6.10. The lowest BCUT2D eigenvalue weighted by Gasteiger charge is -2.12. The second-order valence-electron chi connectivity index (χ2n) is 25.8. The molecule has 15 aromatic rings. The average molecular weight is 1530 g/mol. The summed E-state index contributed by atoms with van der Waals surface area (Å²) in [6.07, 6.45) is 5.68. The molecule has 28 nitrogen and oxygen atoms in total. The van der Waals surface area contributed by atoms with Gasteiger partial charge in [-0.05, 0) is 146 Å². The lowest BCUT2D eigenvalue weighted by atomic mass is 10.1. The Kier molecular flexibility index (Phi) is 19.5. The summed E-state index contributed by atoms with van der Waals surface area (Å²) in [5.74, 6) is -0.133. The number of nitrogens with one attached hydrogen (secondary N) is 6. The van der Waals surface area contributed by atoms with Crippen LogP contribution in [0.2, 0.25) is 0 Å². The topological polar surface area (TPSA) is 393 Å². The van der Waals surface area contributed by atoms with E-state index in [0.717, 1.165) is 0 Å². The van der Waals surface area contributed by atoms with Gasteiger partial charge in [0.2, 0.25) is 0 Å². The number of aromatic hydroxyl groups is 4. The Morgan fingerprint density at radius 2 is 0.647 bits per heavy atom. The highest BCUT2D eigenvalue weighted by Gasteiger charge is 2.28. The van der Waals surface area contributed by atoms with Gasteiger partial charge in [-0.1, -0.05) is 121 Å². The van der Waals surface area contributed by atoms with Crippen LogP contribution in [-0.4, -0.2) is 109 Å². The summed E-state index contributed by atoms with van der Waals surface area (Å²) in [6, 6.07) is 74.0. The van der Waals surface area contributed by atoms with Crippen LogP contribution in [0.15, 0.2) is 287 Å². The van der Waals surface area contributed by atoms with Crippen molar-refractivity contribution >= 4 is 92.6 Å². The minimum absolute atomic E-state index is 0.0211. The van der Waals surface area contributed by atoms with E-state index >= 15 is 0 Å². The number of carbonyl (C=O) groups excluding carboxylic acids is 4. The van der Waals surface area contributed by atoms with Crippen LogP contribution in [0.25, 0.3) is 89.7 Å². The van der Waals surface area contributed by atoms with E-state index in [4.69, 9.17) is 48.9 Å². The van der Waals surface area contributed by atoms with Crippen molar-refractivity contribution in [2.45, 2.75) is 0 Å². The third-order valence-corrected chi connectivity index (χ3v) is 18.4. The van der Waals surface area contributed by atoms with Crippen LogP contribution < -0.4 is 40.7 Å². The third-order valence-electron chi connectivity index (χ3n) is 18.4. The molecule has 116 heavy (non-hydrogen) atoms. The zero-order valence-electron chi connectivity index (χ0n) is 60.2. The molecule has 0 atom stereocenters. The zero-order chi connectivity index (χ0) is 79.2. The smallest absolute Gasteiger partial charge is 0.275 e. The molecule has 0 aliphatic carbocycles. The molecule has 0 saturated heterocycles. The summed E-state index contributed by atoms with van der Waals surface area (Å²) in [5, 5.41) is 60.5. The van der Waals surface area contributed by atoms with Gasteiger partial charge in [0.05, 0.1) is 58.1 Å². The minimum Gasteiger partial charge on any atom is -0.507 e. The number of fused-ring (bicyclic) bond motifs is 20. The standard InChI is InChI=1S/C88H58N16O12/c105-65-29-9-5-23-57(65)85(109)101-89-45-49-19-1-13-33-69(49)113-53-39-41-55-63(43-53)81-94-77(55)93-78-56-42-40-54(114-70-34-14-2-20-50(70)46-90-102-86(110)58-24-6-10-30-66(58)106)44-64(56)82(95-78)100-84-76-62(28-18-38-74(76)116-72-36-16-4-22-52(72)48-92-104-88(112)60-26-8-12-32-68(60)108)80(99-84)98-83-75-61(79(96-81)97-83)27-17-37-73(75)115-71-35-15-3-21-51(71)47-91-103-87(111)59-25-7-11-31-67(59)107/h1-48,105-108H,(H,101,109)(H,102,110)(H,103,111)(H,104,112)(H2,93,94,95,96,97,98,99,100)/b89-45+,90-46+,91-47+,92-48-. The largest absolute Gasteiger partial charge is 0.507 e. The Hall–Kier alpha value is -17.0. The number of hydrogen-bond acceptors (Lipinski definition) is 22. The number of H-pyrrole nitrogens is 2. The molecule has 8 bridgehead atoms. The lowest BCUT2D eigenvalue weighted by molar-refractivity contribution is 0.0944. The predicted octanol–water partition coefficient (Wildman–Crippen LogP) is 15.9. The van der Waals surface area contributed by atoms with E-state index < -0.39 is 23.6 Å². The number of hydrogen-bond donors (Lipinski definition) is 10. The first-order valence-electron chi connectivity index (χ1n) is 35.7. The van der Waals surface area contributed by atoms with Gasteiger partial charge in [-0.3, -0.25) is 19.2 Å². The Labute approximate surface area is 655 Å². The van der Waals surface area contributed by atoms with Crippen molar-refractivity contribution in [2.75, 3.05) is 0 Å². The number of rotatable bonds is 20. The molecular formula is C88H58N16O12. The van der Waals surface area contributed by atoms with Gasteiger partial charge in [0.1, 0.15) is 91.6 Å². The molecule has 0 unspecified atom stereocenters. The summed E-state index contributed by atoms with van der Waals surface area (Å²) in [7, 11) is 0. The van der Waals surface area contributed by atoms with Crippen molar-refractivity contribution < 1.29 is 58.6 Å². The molecule has 12 aromatic carbocycles. The summed E-state index contributed by atoms with van der Waals surface area (Å²) in [5.41, 5.74) is 14.8. The Morgan fingerprint density at radius 1 is 0.293 bits per heavy atom. The quantitative estimate of drug-likeness (QED) is 0.0250. The average Bonchev–Trinajstić information content (AvgIpc) is 1.58. The number of amides is 4. The Morgan fingerprint density at radius 3 is 1.15 bits per heavy atom. The van der Waals surface area contributed by atoms with E-state index in [0.29, 0.717) is 106 Å². The van der Waals surface area contributed by atoms with Crippen LogP contribution in [-0.2, 0) is 0 Å². The maximum absolute atomic E-state index is 13.2. The van der Waals surface area contributed by atoms with Crippen LogP contribution in [0.4, 0.5) is 0 Å². The molecule has 562 valence electrons. The molecule has 28 heteroatoms. The van der Waals surface area contributed by atoms with Gasteiger partial charge in [-0.25, -0.2) is 51.6 Å². The highest BCUT2D eigenvalue weighted by Crippen LogP contribution is 2.46. The van der Waals surface area contributed by atoms with Crippen molar-refractivity contribution in [3.8, 4) is 115 Å². The van der Waals surface area contributed by atoms with E-state index in [1.54, 1.807) is 200 Å². The SMILES string of the molecule is O=C(N/N=C\c1ccccc1Oc1cccc2c3nc4nc(nc5[nH]c(nc6nc(nc([nH]3)c12)-c1cc(Oc2ccccc2/C=N/NC(=O)c2ccccc2O)ccc1-6)c1ccc(Oc2ccccc2/C=N/NC(=O)c2ccccc2O)cc51)-c1cccc(Oc2ccccc2/C=N/NC(=O)c2ccccc2O)c1-4)c1ccccc1O. The molecular weight excluding hydrogens is 1470 g/mol. The van der Waals surface area contributed by atoms with E-state index in [9.17, 15) is 39.6 Å². The molecule has 0 saturated carbocycles. The Balaban J connectivity index is 0.835. The number of ether oxygens (including phenoxy) is 4. The number of benzene rings is 12. The van der Waals surface area contributed by atoms with Gasteiger partial charge in [-0.15, -0.1) is 0 Å². The monoisotopic (exact) mass is 1530 g/mol. The fourth-order valence-corrected chi connectivity index (χ4v) is 12.8. The number of nitrogens with zero attached hydrogens (tertiary/aromatic N) is 10. The molecule has 5 heterocycles. The molecule has 4 amide bonds. The maximum atomic E-state index is 13.2. The van der Waals surface area contributed by atoms with E-state index in [-0.39, 0.29) is 97.0 Å². The zero-order valence-corrected chi connectivity index (χ0v) is 60.2. The molecule has 2 aliphatic heterocycles. The molecule has 3 aromatic heterocycles. The number of aromatic amines is 2. The number of carbonyl (C=O) groups is 4. The number of phenols is 4. The maximum Gasteiger partial charge on any atom is 0.275 e. The molecule has 10 N–H and O–H groups in total. The van der Waals surface area contributed by atoms with Crippen molar-refractivity contribution in [3.63, 3.8) is 0 Å². The van der Waals surface area contributed by atoms with Crippen LogP contribution >= 0.6 is 0 Å². The number of para-hydroxylation sites is 8. The van der Waals surface area contributed by atoms with Crippen molar-refractivity contribution in [2.24, 2.45) is 20.4 Å². The third kappa shape index (κ3) is 14.9. The summed E-state index contributed by atoms with van der Waals surface area (Å²) >= 11 is 0. The van der Waals surface area contributed by atoms with Gasteiger partial charge in [-0.2, -0.15) is 20.4 Å². The second-order valence-corrected chi connectivity index (χ2v) is 25.8. The first-order chi connectivity index (χ1) is 56.8. The van der Waals surface area contributed by atoms with Crippen molar-refractivity contribution in [1.29, 1.82) is 0 Å². The van der Waals surface area contributed by atoms with Crippen LogP contribution in [0.1, 0.15) is 63.7 Å². The first kappa shape index (κ1) is 71.9. The van der Waals surface area contributed by atoms with Gasteiger partial charge >= 0.3 is 0 Å². The molecule has 2 aliphatic rings. The fourth-order valence-electron chi connectivity index (χ4n) is 12.8. The molecule has 0 radical (unpaired) electrons. The van der Waals surface area contributed by atoms with Gasteiger partial charge in [0, 0.05) is 55.1 Å². The molecule has 0 fully saturated rings. The second kappa shape index (κ2) is 31.5. The number of aromatic nitrogens is 8. The lowest BCUT2D eigenvalue weighted by Crippen LogP contribution is -2.17. The van der Waals surface area contributed by atoms with E-state index in [1.807, 2.05) is 18.2 Å². The minimum atomic E-state index is -0.645. The first-order valence-corrected chi connectivity index (χ1v) is 35.7. The summed E-state index contributed by atoms with van der Waals surface area (Å²) in [4.78, 5) is 91.6. The van der Waals surface area contributed by atoms with E-state index in [1.165, 1.54) is 73.4 Å². The van der Waals surface area contributed by atoms with Gasteiger partial charge in [0.25, 0.3) is 23.6 Å². The number of hydrazone groups is 4. The predicted molar refractivity (Wildman–Crippen MR) is 435 cm³/mol. The van der Waals surface area contributed by atoms with Gasteiger partial charge in [0.15, 0.2) is 23.3 Å². The summed E-state index contributed by atoms with van der Waals surface area (Å²) in [6.45, 7) is 0. The van der Waals surface area contributed by atoms with Crippen LogP contribution in [0.3, 0.4) is 0 Å². The Bertz CT molecular complexity index is 6820. The summed E-state index contributed by atoms with van der Waals surface area (Å²) < 4.78 is 27.2. The molecule has 0 spiro atoms. The van der Waals surface area contributed by atoms with Gasteiger partial charge < -0.3 is 49.3 Å². The van der Waals surface area contributed by atoms with Crippen LogP contribution in [0, 0.1) is 0 Å². The van der Waals surface area contributed by atoms with Crippen molar-refractivity contribution in [1.82, 2.24) is 61.6 Å². The van der Waals surface area contributed by atoms with Crippen LogP contribution in [0.5, 0.6) is 69.0 Å². The normalized spacial score (nSPS) is 11.6. The fraction of sp³-hybridized carbons (Fsp3) is 0. The van der Waals surface area contributed by atoms with Crippen molar-refractivity contribution in [3.05, 3.63) is 311 Å². The van der Waals surface area contributed by atoms with E-state index in [2.05, 4.69) is 52.1 Å².